The van der Waals surface area contributed by atoms with Crippen LogP contribution in [0.25, 0.3) is 17.0 Å². The third-order valence-corrected chi connectivity index (χ3v) is 4.79. The number of aromatic nitrogens is 1. The molecule has 1 N–H and O–H groups in total. The molecule has 0 saturated heterocycles. The molecule has 3 aromatic rings. The summed E-state index contributed by atoms with van der Waals surface area (Å²) in [5, 5.41) is 0.889. The van der Waals surface area contributed by atoms with Crippen LogP contribution in [-0.4, -0.2) is 45.2 Å². The van der Waals surface area contributed by atoms with Crippen molar-refractivity contribution >= 4 is 28.7 Å². The van der Waals surface area contributed by atoms with E-state index in [1.54, 1.807) is 43.5 Å². The fraction of sp³-hybridized carbons (Fsp3) is 0.217. The number of carbonyl (C=O) groups is 2. The van der Waals surface area contributed by atoms with Gasteiger partial charge in [-0.3, -0.25) is 4.79 Å². The molecule has 0 atom stereocenters. The van der Waals surface area contributed by atoms with E-state index in [4.69, 9.17) is 18.9 Å². The van der Waals surface area contributed by atoms with Crippen molar-refractivity contribution in [2.24, 2.45) is 0 Å². The Balaban J connectivity index is 1.97. The number of Topliss-reactive ketones (excluding diaryl/α,β-unsaturated/α-hetero) is 1. The Labute approximate surface area is 174 Å². The number of carbonyl (C=O) groups excluding carboxylic acids is 2. The highest BCUT2D eigenvalue weighted by Crippen LogP contribution is 2.38. The molecule has 3 rings (SSSR count). The summed E-state index contributed by atoms with van der Waals surface area (Å²) in [4.78, 5) is 27.9. The Morgan fingerprint density at radius 3 is 2.13 bits per heavy atom. The standard InChI is InChI=1S/C23H23NO6/c1-13(21(25)15-10-19(27-2)22(29-4)20(11-15)28-3)8-16-12-24-18-9-14(23(26)30-5)6-7-17(16)18/h6-12,24H,1-5H3/b13-8+. The summed E-state index contributed by atoms with van der Waals surface area (Å²) >= 11 is 0. The molecule has 0 aliphatic heterocycles. The Morgan fingerprint density at radius 1 is 0.900 bits per heavy atom. The summed E-state index contributed by atoms with van der Waals surface area (Å²) in [6.07, 6.45) is 3.58. The Hall–Kier alpha value is -3.74. The number of fused-ring (bicyclic) bond motifs is 1. The molecule has 2 aromatic carbocycles. The van der Waals surface area contributed by atoms with Gasteiger partial charge in [0.15, 0.2) is 17.3 Å². The molecule has 0 aliphatic rings. The maximum absolute atomic E-state index is 13.0. The molecule has 0 radical (unpaired) electrons. The fourth-order valence-electron chi connectivity index (χ4n) is 3.25. The van der Waals surface area contributed by atoms with Crippen LogP contribution in [0, 0.1) is 0 Å². The van der Waals surface area contributed by atoms with Gasteiger partial charge in [-0.25, -0.2) is 4.79 Å². The smallest absolute Gasteiger partial charge is 0.337 e. The molecular weight excluding hydrogens is 386 g/mol. The third-order valence-electron chi connectivity index (χ3n) is 4.79. The molecule has 30 heavy (non-hydrogen) atoms. The highest BCUT2D eigenvalue weighted by Gasteiger charge is 2.18. The molecule has 0 unspecified atom stereocenters. The minimum Gasteiger partial charge on any atom is -0.493 e. The first kappa shape index (κ1) is 21.0. The highest BCUT2D eigenvalue weighted by atomic mass is 16.5. The predicted octanol–water partition coefficient (Wildman–Crippen LogP) is 4.27. The Bertz CT molecular complexity index is 1120. The van der Waals surface area contributed by atoms with E-state index in [0.29, 0.717) is 33.9 Å². The van der Waals surface area contributed by atoms with E-state index in [1.165, 1.54) is 28.4 Å². The lowest BCUT2D eigenvalue weighted by molar-refractivity contribution is 0.0600. The molecule has 7 heteroatoms. The molecule has 1 aromatic heterocycles. The van der Waals surface area contributed by atoms with Gasteiger partial charge in [0, 0.05) is 28.2 Å². The van der Waals surface area contributed by atoms with Crippen molar-refractivity contribution in [2.75, 3.05) is 28.4 Å². The first-order valence-corrected chi connectivity index (χ1v) is 9.16. The molecule has 156 valence electrons. The van der Waals surface area contributed by atoms with E-state index in [9.17, 15) is 9.59 Å². The van der Waals surface area contributed by atoms with Gasteiger partial charge in [0.2, 0.25) is 5.75 Å². The van der Waals surface area contributed by atoms with Gasteiger partial charge in [-0.15, -0.1) is 0 Å². The topological polar surface area (TPSA) is 86.9 Å². The van der Waals surface area contributed by atoms with Crippen LogP contribution in [0.5, 0.6) is 17.2 Å². The molecule has 7 nitrogen and oxygen atoms in total. The van der Waals surface area contributed by atoms with Crippen molar-refractivity contribution in [3.63, 3.8) is 0 Å². The van der Waals surface area contributed by atoms with Gasteiger partial charge in [0.1, 0.15) is 0 Å². The normalized spacial score (nSPS) is 11.3. The Morgan fingerprint density at radius 2 is 1.57 bits per heavy atom. The number of methoxy groups -OCH3 is 4. The number of benzene rings is 2. The van der Waals surface area contributed by atoms with Gasteiger partial charge in [-0.05, 0) is 42.8 Å². The number of ketones is 1. The molecule has 0 saturated carbocycles. The largest absolute Gasteiger partial charge is 0.493 e. The number of H-pyrrole nitrogens is 1. The van der Waals surface area contributed by atoms with Gasteiger partial charge in [-0.1, -0.05) is 6.07 Å². The lowest BCUT2D eigenvalue weighted by atomic mass is 10.0. The first-order chi connectivity index (χ1) is 14.4. The molecule has 0 fully saturated rings. The molecule has 0 spiro atoms. The maximum Gasteiger partial charge on any atom is 0.337 e. The average molecular weight is 409 g/mol. The van der Waals surface area contributed by atoms with Crippen molar-refractivity contribution in [1.82, 2.24) is 4.98 Å². The summed E-state index contributed by atoms with van der Waals surface area (Å²) in [5.74, 6) is 0.675. The Kier molecular flexibility index (Phi) is 6.11. The van der Waals surface area contributed by atoms with E-state index in [1.807, 2.05) is 6.07 Å². The number of hydrogen-bond acceptors (Lipinski definition) is 6. The molecule has 0 bridgehead atoms. The second-order valence-corrected chi connectivity index (χ2v) is 6.57. The molecule has 0 amide bonds. The number of esters is 1. The van der Waals surface area contributed by atoms with Gasteiger partial charge >= 0.3 is 5.97 Å². The molecule has 1 heterocycles. The van der Waals surface area contributed by atoms with Crippen molar-refractivity contribution in [3.8, 4) is 17.2 Å². The molecular formula is C23H23NO6. The first-order valence-electron chi connectivity index (χ1n) is 9.16. The van der Waals surface area contributed by atoms with Crippen molar-refractivity contribution < 1.29 is 28.5 Å². The summed E-state index contributed by atoms with van der Waals surface area (Å²) in [6, 6.07) is 8.48. The van der Waals surface area contributed by atoms with E-state index in [0.717, 1.165) is 16.5 Å². The van der Waals surface area contributed by atoms with Crippen molar-refractivity contribution in [2.45, 2.75) is 6.92 Å². The summed E-state index contributed by atoms with van der Waals surface area (Å²) in [5.41, 5.74) is 3.01. The lowest BCUT2D eigenvalue weighted by Gasteiger charge is -2.13. The van der Waals surface area contributed by atoms with Crippen LogP contribution in [0.3, 0.4) is 0 Å². The zero-order valence-electron chi connectivity index (χ0n) is 17.5. The summed E-state index contributed by atoms with van der Waals surface area (Å²) < 4.78 is 20.7. The predicted molar refractivity (Wildman–Crippen MR) is 114 cm³/mol. The quantitative estimate of drug-likeness (QED) is 0.356. The number of allylic oxidation sites excluding steroid dienone is 1. The zero-order valence-corrected chi connectivity index (χ0v) is 17.5. The van der Waals surface area contributed by atoms with E-state index in [-0.39, 0.29) is 5.78 Å². The number of nitrogens with one attached hydrogen (secondary N) is 1. The summed E-state index contributed by atoms with van der Waals surface area (Å²) in [6.45, 7) is 1.74. The SMILES string of the molecule is COC(=O)c1ccc2c(/C=C(\C)C(=O)c3cc(OC)c(OC)c(OC)c3)c[nH]c2c1. The lowest BCUT2D eigenvalue weighted by Crippen LogP contribution is -2.04. The van der Waals surface area contributed by atoms with Crippen LogP contribution >= 0.6 is 0 Å². The summed E-state index contributed by atoms with van der Waals surface area (Å²) in [7, 11) is 5.86. The van der Waals surface area contributed by atoms with Crippen LogP contribution in [0.2, 0.25) is 0 Å². The fourth-order valence-corrected chi connectivity index (χ4v) is 3.25. The number of aromatic amines is 1. The van der Waals surface area contributed by atoms with E-state index >= 15 is 0 Å². The number of ether oxygens (including phenoxy) is 4. The average Bonchev–Trinajstić information content (AvgIpc) is 3.18. The van der Waals surface area contributed by atoms with Gasteiger partial charge in [0.25, 0.3) is 0 Å². The monoisotopic (exact) mass is 409 g/mol. The van der Waals surface area contributed by atoms with Crippen LogP contribution in [0.15, 0.2) is 42.1 Å². The van der Waals surface area contributed by atoms with Crippen LogP contribution in [-0.2, 0) is 4.74 Å². The minimum atomic E-state index is -0.405. The van der Waals surface area contributed by atoms with E-state index < -0.39 is 5.97 Å². The maximum atomic E-state index is 13.0. The van der Waals surface area contributed by atoms with Crippen molar-refractivity contribution in [3.05, 3.63) is 58.8 Å². The second kappa shape index (κ2) is 8.73. The van der Waals surface area contributed by atoms with Gasteiger partial charge < -0.3 is 23.9 Å². The number of rotatable bonds is 7. The van der Waals surface area contributed by atoms with E-state index in [2.05, 4.69) is 4.98 Å². The highest BCUT2D eigenvalue weighted by molar-refractivity contribution is 6.12. The second-order valence-electron chi connectivity index (χ2n) is 6.57. The molecule has 0 aliphatic carbocycles. The van der Waals surface area contributed by atoms with Gasteiger partial charge in [-0.2, -0.15) is 0 Å². The van der Waals surface area contributed by atoms with Crippen LogP contribution in [0.1, 0.15) is 33.2 Å². The number of hydrogen-bond donors (Lipinski definition) is 1. The van der Waals surface area contributed by atoms with Crippen LogP contribution < -0.4 is 14.2 Å². The van der Waals surface area contributed by atoms with Gasteiger partial charge in [0.05, 0.1) is 34.0 Å². The third kappa shape index (κ3) is 3.87. The minimum absolute atomic E-state index is 0.171. The van der Waals surface area contributed by atoms with Crippen LogP contribution in [0.4, 0.5) is 0 Å². The van der Waals surface area contributed by atoms with Crippen molar-refractivity contribution in [1.29, 1.82) is 0 Å². The zero-order chi connectivity index (χ0) is 21.8.